The molecule has 0 spiro atoms. The van der Waals surface area contributed by atoms with Gasteiger partial charge in [-0.05, 0) is 55.1 Å². The summed E-state index contributed by atoms with van der Waals surface area (Å²) in [5.74, 6) is -0.0233. The molecular weight excluding hydrogens is 299 g/mol. The van der Waals surface area contributed by atoms with Gasteiger partial charge in [0.1, 0.15) is 5.82 Å². The third-order valence-corrected chi connectivity index (χ3v) is 5.56. The lowest BCUT2D eigenvalue weighted by Gasteiger charge is -2.40. The van der Waals surface area contributed by atoms with Crippen LogP contribution in [0.1, 0.15) is 29.5 Å². The van der Waals surface area contributed by atoms with Crippen LogP contribution in [-0.4, -0.2) is 35.5 Å². The van der Waals surface area contributed by atoms with E-state index in [0.717, 1.165) is 44.7 Å². The van der Waals surface area contributed by atoms with Crippen LogP contribution in [0.2, 0.25) is 0 Å². The van der Waals surface area contributed by atoms with Gasteiger partial charge < -0.3 is 0 Å². The average Bonchev–Trinajstić information content (AvgIpc) is 2.63. The van der Waals surface area contributed by atoms with Gasteiger partial charge in [-0.15, -0.1) is 0 Å². The highest BCUT2D eigenvalue weighted by Gasteiger charge is 2.28. The zero-order valence-corrected chi connectivity index (χ0v) is 14.1. The second-order valence-electron chi connectivity index (χ2n) is 7.09. The van der Waals surface area contributed by atoms with Crippen molar-refractivity contribution in [2.75, 3.05) is 19.6 Å². The first kappa shape index (κ1) is 15.8. The van der Waals surface area contributed by atoms with Crippen LogP contribution in [0.15, 0.2) is 48.5 Å². The lowest BCUT2D eigenvalue weighted by molar-refractivity contribution is 0.0944. The summed E-state index contributed by atoms with van der Waals surface area (Å²) in [7, 11) is 0. The Morgan fingerprint density at radius 1 is 0.917 bits per heavy atom. The minimum Gasteiger partial charge on any atom is -0.299 e. The van der Waals surface area contributed by atoms with Crippen LogP contribution in [0.4, 0.5) is 4.39 Å². The molecule has 0 bridgehead atoms. The van der Waals surface area contributed by atoms with Gasteiger partial charge in [0.05, 0.1) is 0 Å². The minimum atomic E-state index is -0.0233. The van der Waals surface area contributed by atoms with Crippen LogP contribution in [0, 0.1) is 5.82 Å². The number of piperidine rings is 1. The standard InChI is InChI=1S/C21H25FN2/c22-21-8-4-7-18-16-24(14-11-20(18)21)19-9-12-23(13-10-19)15-17-5-2-1-3-6-17/h1-8,19H,9-16H2. The molecule has 0 atom stereocenters. The molecule has 24 heavy (non-hydrogen) atoms. The minimum absolute atomic E-state index is 0.0233. The van der Waals surface area contributed by atoms with Crippen molar-refractivity contribution in [1.29, 1.82) is 0 Å². The fourth-order valence-electron chi connectivity index (χ4n) is 4.18. The highest BCUT2D eigenvalue weighted by atomic mass is 19.1. The topological polar surface area (TPSA) is 6.48 Å². The Labute approximate surface area is 143 Å². The van der Waals surface area contributed by atoms with E-state index in [1.54, 1.807) is 6.07 Å². The fraction of sp³-hybridized carbons (Fsp3) is 0.429. The largest absolute Gasteiger partial charge is 0.299 e. The predicted molar refractivity (Wildman–Crippen MR) is 95.3 cm³/mol. The molecule has 2 nitrogen and oxygen atoms in total. The number of likely N-dealkylation sites (tertiary alicyclic amines) is 1. The van der Waals surface area contributed by atoms with E-state index in [0.29, 0.717) is 6.04 Å². The van der Waals surface area contributed by atoms with Crippen molar-refractivity contribution in [3.05, 3.63) is 71.0 Å². The van der Waals surface area contributed by atoms with Crippen molar-refractivity contribution in [2.45, 2.75) is 38.4 Å². The van der Waals surface area contributed by atoms with Crippen LogP contribution in [-0.2, 0) is 19.5 Å². The number of hydrogen-bond acceptors (Lipinski definition) is 2. The SMILES string of the molecule is Fc1cccc2c1CCN(C1CCN(Cc3ccccc3)CC1)C2. The second-order valence-corrected chi connectivity index (χ2v) is 7.09. The van der Waals surface area contributed by atoms with Crippen molar-refractivity contribution >= 4 is 0 Å². The quantitative estimate of drug-likeness (QED) is 0.846. The second kappa shape index (κ2) is 7.04. The Bertz CT molecular complexity index is 677. The Morgan fingerprint density at radius 3 is 2.50 bits per heavy atom. The van der Waals surface area contributed by atoms with Crippen LogP contribution >= 0.6 is 0 Å². The van der Waals surface area contributed by atoms with Gasteiger partial charge in [-0.25, -0.2) is 4.39 Å². The maximum Gasteiger partial charge on any atom is 0.126 e. The molecule has 2 aliphatic rings. The van der Waals surface area contributed by atoms with E-state index < -0.39 is 0 Å². The van der Waals surface area contributed by atoms with Gasteiger partial charge in [0.15, 0.2) is 0 Å². The van der Waals surface area contributed by atoms with Crippen LogP contribution in [0.3, 0.4) is 0 Å². The molecule has 0 radical (unpaired) electrons. The monoisotopic (exact) mass is 324 g/mol. The van der Waals surface area contributed by atoms with E-state index in [9.17, 15) is 4.39 Å². The van der Waals surface area contributed by atoms with Crippen molar-refractivity contribution < 1.29 is 4.39 Å². The van der Waals surface area contributed by atoms with E-state index >= 15 is 0 Å². The molecule has 0 saturated carbocycles. The van der Waals surface area contributed by atoms with Gasteiger partial charge in [0.25, 0.3) is 0 Å². The molecule has 0 amide bonds. The lowest BCUT2D eigenvalue weighted by atomic mass is 9.95. The van der Waals surface area contributed by atoms with Gasteiger partial charge in [0, 0.05) is 25.7 Å². The zero-order valence-electron chi connectivity index (χ0n) is 14.1. The highest BCUT2D eigenvalue weighted by Crippen LogP contribution is 2.26. The molecule has 4 rings (SSSR count). The number of benzene rings is 2. The summed E-state index contributed by atoms with van der Waals surface area (Å²) in [5.41, 5.74) is 3.53. The summed E-state index contributed by atoms with van der Waals surface area (Å²) in [6.07, 6.45) is 3.29. The smallest absolute Gasteiger partial charge is 0.126 e. The predicted octanol–water partition coefficient (Wildman–Crippen LogP) is 3.85. The van der Waals surface area contributed by atoms with Crippen molar-refractivity contribution in [1.82, 2.24) is 9.80 Å². The maximum absolute atomic E-state index is 13.9. The normalized spacial score (nSPS) is 20.0. The Balaban J connectivity index is 1.33. The van der Waals surface area contributed by atoms with Crippen LogP contribution in [0.5, 0.6) is 0 Å². The van der Waals surface area contributed by atoms with Gasteiger partial charge >= 0.3 is 0 Å². The van der Waals surface area contributed by atoms with Gasteiger partial charge in [0.2, 0.25) is 0 Å². The molecule has 2 aromatic rings. The van der Waals surface area contributed by atoms with Crippen molar-refractivity contribution in [2.24, 2.45) is 0 Å². The van der Waals surface area contributed by atoms with E-state index in [2.05, 4.69) is 46.2 Å². The summed E-state index contributed by atoms with van der Waals surface area (Å²) in [4.78, 5) is 5.13. The van der Waals surface area contributed by atoms with Gasteiger partial charge in [-0.3, -0.25) is 9.80 Å². The number of halogens is 1. The van der Waals surface area contributed by atoms with E-state index in [4.69, 9.17) is 0 Å². The summed E-state index contributed by atoms with van der Waals surface area (Å²) in [6.45, 7) is 5.29. The average molecular weight is 324 g/mol. The van der Waals surface area contributed by atoms with E-state index in [1.165, 1.54) is 24.0 Å². The lowest BCUT2D eigenvalue weighted by Crippen LogP contribution is -2.46. The molecule has 0 unspecified atom stereocenters. The molecule has 0 aromatic heterocycles. The van der Waals surface area contributed by atoms with E-state index in [1.807, 2.05) is 6.07 Å². The molecule has 2 aliphatic heterocycles. The molecule has 0 aliphatic carbocycles. The molecule has 3 heteroatoms. The molecule has 2 heterocycles. The third-order valence-electron chi connectivity index (χ3n) is 5.56. The van der Waals surface area contributed by atoms with Gasteiger partial charge in [-0.1, -0.05) is 42.5 Å². The Hall–Kier alpha value is -1.71. The molecule has 1 fully saturated rings. The first-order chi connectivity index (χ1) is 11.8. The van der Waals surface area contributed by atoms with Gasteiger partial charge in [-0.2, -0.15) is 0 Å². The molecular formula is C21H25FN2. The fourth-order valence-corrected chi connectivity index (χ4v) is 4.18. The summed E-state index contributed by atoms with van der Waals surface area (Å²) in [6, 6.07) is 16.9. The number of hydrogen-bond donors (Lipinski definition) is 0. The van der Waals surface area contributed by atoms with Crippen molar-refractivity contribution in [3.8, 4) is 0 Å². The van der Waals surface area contributed by atoms with Crippen LogP contribution < -0.4 is 0 Å². The molecule has 1 saturated heterocycles. The number of fused-ring (bicyclic) bond motifs is 1. The number of nitrogens with zero attached hydrogens (tertiary/aromatic N) is 2. The van der Waals surface area contributed by atoms with Crippen molar-refractivity contribution in [3.63, 3.8) is 0 Å². The molecule has 2 aromatic carbocycles. The maximum atomic E-state index is 13.9. The third kappa shape index (κ3) is 3.38. The first-order valence-corrected chi connectivity index (χ1v) is 9.06. The number of rotatable bonds is 3. The first-order valence-electron chi connectivity index (χ1n) is 9.06. The Morgan fingerprint density at radius 2 is 1.71 bits per heavy atom. The summed E-state index contributed by atoms with van der Waals surface area (Å²) in [5, 5.41) is 0. The molecule has 126 valence electrons. The summed E-state index contributed by atoms with van der Waals surface area (Å²) < 4.78 is 13.9. The van der Waals surface area contributed by atoms with Crippen LogP contribution in [0.25, 0.3) is 0 Å². The highest BCUT2D eigenvalue weighted by molar-refractivity contribution is 5.30. The zero-order chi connectivity index (χ0) is 16.4. The van der Waals surface area contributed by atoms with E-state index in [-0.39, 0.29) is 5.82 Å². The summed E-state index contributed by atoms with van der Waals surface area (Å²) >= 11 is 0. The molecule has 0 N–H and O–H groups in total. The Kier molecular flexibility index (Phi) is 4.63.